The molecule has 1 heterocycles. The van der Waals surface area contributed by atoms with Gasteiger partial charge in [-0.3, -0.25) is 4.68 Å². The van der Waals surface area contributed by atoms with E-state index in [4.69, 9.17) is 17.3 Å². The molecular formula is C12H15ClN4O2S. The number of rotatable bonds is 6. The van der Waals surface area contributed by atoms with E-state index >= 15 is 0 Å². The average Bonchev–Trinajstić information content (AvgIpc) is 2.87. The molecule has 0 aliphatic heterocycles. The first kappa shape index (κ1) is 14.8. The van der Waals surface area contributed by atoms with E-state index < -0.39 is 10.0 Å². The predicted molar refractivity (Wildman–Crippen MR) is 77.9 cm³/mol. The monoisotopic (exact) mass is 314 g/mol. The zero-order chi connectivity index (χ0) is 14.6. The molecule has 6 nitrogen and oxygen atoms in total. The van der Waals surface area contributed by atoms with Crippen LogP contribution in [0.25, 0.3) is 0 Å². The van der Waals surface area contributed by atoms with Crippen molar-refractivity contribution in [2.45, 2.75) is 17.9 Å². The summed E-state index contributed by atoms with van der Waals surface area (Å²) in [7, 11) is -3.62. The summed E-state index contributed by atoms with van der Waals surface area (Å²) in [4.78, 5) is 0.0347. The fourth-order valence-corrected chi connectivity index (χ4v) is 3.32. The molecule has 0 fully saturated rings. The number of nitrogens with zero attached hydrogens (tertiary/aromatic N) is 2. The summed E-state index contributed by atoms with van der Waals surface area (Å²) in [5.74, 6) is 0. The molecule has 0 saturated carbocycles. The minimum absolute atomic E-state index is 0.0347. The van der Waals surface area contributed by atoms with Crippen LogP contribution < -0.4 is 10.5 Å². The molecule has 8 heteroatoms. The van der Waals surface area contributed by atoms with Gasteiger partial charge in [-0.15, -0.1) is 0 Å². The Bertz CT molecular complexity index is 671. The molecule has 0 aliphatic carbocycles. The number of aryl methyl sites for hydroxylation is 1. The minimum atomic E-state index is -3.62. The van der Waals surface area contributed by atoms with Crippen molar-refractivity contribution >= 4 is 27.3 Å². The van der Waals surface area contributed by atoms with Crippen LogP contribution in [0.5, 0.6) is 0 Å². The second kappa shape index (κ2) is 6.25. The first-order valence-corrected chi connectivity index (χ1v) is 7.87. The fourth-order valence-electron chi connectivity index (χ4n) is 1.69. The highest BCUT2D eigenvalue weighted by atomic mass is 35.5. The molecule has 2 rings (SSSR count). The number of benzene rings is 1. The predicted octanol–water partition coefficient (Wildman–Crippen LogP) is 1.49. The number of nitrogen functional groups attached to an aromatic ring is 1. The van der Waals surface area contributed by atoms with Crippen LogP contribution >= 0.6 is 11.6 Å². The Morgan fingerprint density at radius 2 is 2.20 bits per heavy atom. The number of nitrogens with one attached hydrogen (secondary N) is 1. The number of anilines is 1. The highest BCUT2D eigenvalue weighted by molar-refractivity contribution is 7.89. The maximum Gasteiger partial charge on any atom is 0.242 e. The van der Waals surface area contributed by atoms with Gasteiger partial charge in [-0.25, -0.2) is 13.1 Å². The van der Waals surface area contributed by atoms with Gasteiger partial charge in [0.15, 0.2) is 0 Å². The quantitative estimate of drug-likeness (QED) is 0.624. The Hall–Kier alpha value is -1.57. The number of nitrogens with two attached hydrogens (primary N) is 1. The van der Waals surface area contributed by atoms with Crippen LogP contribution in [0.2, 0.25) is 5.02 Å². The van der Waals surface area contributed by atoms with Gasteiger partial charge in [-0.2, -0.15) is 5.10 Å². The Kier molecular flexibility index (Phi) is 4.64. The molecule has 0 aliphatic rings. The van der Waals surface area contributed by atoms with Crippen molar-refractivity contribution in [2.24, 2.45) is 0 Å². The Labute approximate surface area is 122 Å². The lowest BCUT2D eigenvalue weighted by atomic mass is 10.3. The lowest BCUT2D eigenvalue weighted by molar-refractivity contribution is 0.553. The Balaban J connectivity index is 1.93. The number of halogens is 1. The van der Waals surface area contributed by atoms with E-state index in [1.807, 2.05) is 12.3 Å². The third-order valence-electron chi connectivity index (χ3n) is 2.66. The van der Waals surface area contributed by atoms with Crippen molar-refractivity contribution in [3.8, 4) is 0 Å². The molecular weight excluding hydrogens is 300 g/mol. The summed E-state index contributed by atoms with van der Waals surface area (Å²) in [5, 5.41) is 4.15. The van der Waals surface area contributed by atoms with Gasteiger partial charge >= 0.3 is 0 Å². The largest absolute Gasteiger partial charge is 0.399 e. The molecule has 0 bridgehead atoms. The lowest BCUT2D eigenvalue weighted by Crippen LogP contribution is -2.26. The van der Waals surface area contributed by atoms with Crippen molar-refractivity contribution in [2.75, 3.05) is 12.3 Å². The van der Waals surface area contributed by atoms with Crippen LogP contribution in [-0.2, 0) is 16.6 Å². The highest BCUT2D eigenvalue weighted by Gasteiger charge is 2.17. The van der Waals surface area contributed by atoms with Gasteiger partial charge < -0.3 is 5.73 Å². The van der Waals surface area contributed by atoms with E-state index in [1.165, 1.54) is 18.2 Å². The standard InChI is InChI=1S/C12H15ClN4O2S/c13-11-9-10(14)3-4-12(11)20(18,19)16-6-2-8-17-7-1-5-15-17/h1,3-5,7,9,16H,2,6,8,14H2. The number of hydrogen-bond donors (Lipinski definition) is 2. The van der Waals surface area contributed by atoms with Crippen molar-refractivity contribution < 1.29 is 8.42 Å². The molecule has 108 valence electrons. The van der Waals surface area contributed by atoms with E-state index in [0.29, 0.717) is 25.2 Å². The second-order valence-corrected chi connectivity index (χ2v) is 6.35. The number of sulfonamides is 1. The van der Waals surface area contributed by atoms with Gasteiger partial charge in [0.25, 0.3) is 0 Å². The Morgan fingerprint density at radius 1 is 1.40 bits per heavy atom. The maximum atomic E-state index is 12.1. The fraction of sp³-hybridized carbons (Fsp3) is 0.250. The van der Waals surface area contributed by atoms with Crippen molar-refractivity contribution in [3.05, 3.63) is 41.7 Å². The van der Waals surface area contributed by atoms with Gasteiger partial charge in [0, 0.05) is 31.2 Å². The molecule has 0 spiro atoms. The third-order valence-corrected chi connectivity index (χ3v) is 4.60. The SMILES string of the molecule is Nc1ccc(S(=O)(=O)NCCCn2cccn2)c(Cl)c1. The molecule has 1 aromatic heterocycles. The molecule has 20 heavy (non-hydrogen) atoms. The average molecular weight is 315 g/mol. The first-order valence-electron chi connectivity index (χ1n) is 6.01. The summed E-state index contributed by atoms with van der Waals surface area (Å²) in [6, 6.07) is 6.13. The topological polar surface area (TPSA) is 90.0 Å². The first-order chi connectivity index (χ1) is 9.49. The second-order valence-electron chi connectivity index (χ2n) is 4.21. The summed E-state index contributed by atoms with van der Waals surface area (Å²) >= 11 is 5.89. The van der Waals surface area contributed by atoms with E-state index in [1.54, 1.807) is 10.9 Å². The van der Waals surface area contributed by atoms with Crippen molar-refractivity contribution in [3.63, 3.8) is 0 Å². The van der Waals surface area contributed by atoms with Crippen LogP contribution in [0.15, 0.2) is 41.6 Å². The highest BCUT2D eigenvalue weighted by Crippen LogP contribution is 2.23. The molecule has 3 N–H and O–H groups in total. The van der Waals surface area contributed by atoms with Crippen molar-refractivity contribution in [1.29, 1.82) is 0 Å². The van der Waals surface area contributed by atoms with Crippen LogP contribution in [0, 0.1) is 0 Å². The smallest absolute Gasteiger partial charge is 0.242 e. The van der Waals surface area contributed by atoms with Gasteiger partial charge in [0.05, 0.1) is 5.02 Å². The van der Waals surface area contributed by atoms with Crippen LogP contribution in [-0.4, -0.2) is 24.7 Å². The number of aromatic nitrogens is 2. The summed E-state index contributed by atoms with van der Waals surface area (Å²) < 4.78 is 28.4. The summed E-state index contributed by atoms with van der Waals surface area (Å²) in [5.41, 5.74) is 5.96. The van der Waals surface area contributed by atoms with E-state index in [9.17, 15) is 8.42 Å². The van der Waals surface area contributed by atoms with Gasteiger partial charge in [-0.1, -0.05) is 11.6 Å². The van der Waals surface area contributed by atoms with Crippen molar-refractivity contribution in [1.82, 2.24) is 14.5 Å². The molecule has 0 unspecified atom stereocenters. The van der Waals surface area contributed by atoms with Crippen LogP contribution in [0.1, 0.15) is 6.42 Å². The molecule has 0 amide bonds. The van der Waals surface area contributed by atoms with E-state index in [2.05, 4.69) is 9.82 Å². The molecule has 0 radical (unpaired) electrons. The zero-order valence-corrected chi connectivity index (χ0v) is 12.2. The van der Waals surface area contributed by atoms with E-state index in [0.717, 1.165) is 0 Å². The van der Waals surface area contributed by atoms with Gasteiger partial charge in [0.2, 0.25) is 10.0 Å². The molecule has 0 saturated heterocycles. The number of hydrogen-bond acceptors (Lipinski definition) is 4. The lowest BCUT2D eigenvalue weighted by Gasteiger charge is -2.09. The van der Waals surface area contributed by atoms with Crippen LogP contribution in [0.4, 0.5) is 5.69 Å². The zero-order valence-electron chi connectivity index (χ0n) is 10.7. The minimum Gasteiger partial charge on any atom is -0.399 e. The summed E-state index contributed by atoms with van der Waals surface area (Å²) in [6.45, 7) is 0.952. The molecule has 1 aromatic carbocycles. The van der Waals surface area contributed by atoms with Gasteiger partial charge in [0.1, 0.15) is 4.90 Å². The molecule has 0 atom stereocenters. The van der Waals surface area contributed by atoms with Gasteiger partial charge in [-0.05, 0) is 30.7 Å². The normalized spacial score (nSPS) is 11.7. The van der Waals surface area contributed by atoms with Crippen LogP contribution in [0.3, 0.4) is 0 Å². The maximum absolute atomic E-state index is 12.1. The third kappa shape index (κ3) is 3.72. The Morgan fingerprint density at radius 3 is 2.85 bits per heavy atom. The van der Waals surface area contributed by atoms with E-state index in [-0.39, 0.29) is 9.92 Å². The summed E-state index contributed by atoms with van der Waals surface area (Å²) in [6.07, 6.45) is 4.14. The molecule has 2 aromatic rings.